The molecule has 3 rings (SSSR count). The van der Waals surface area contributed by atoms with Crippen molar-refractivity contribution in [1.29, 1.82) is 0 Å². The predicted octanol–water partition coefficient (Wildman–Crippen LogP) is -0.327. The second kappa shape index (κ2) is 5.68. The number of benzene rings is 2. The SMILES string of the molecule is [B]c1cc(/C=C(\N)c2nc3ccccc3c(=O)[nH]2)cc([B])c1O. The maximum Gasteiger partial charge on any atom is 0.259 e. The van der Waals surface area contributed by atoms with Crippen LogP contribution in [0.25, 0.3) is 22.7 Å². The summed E-state index contributed by atoms with van der Waals surface area (Å²) < 4.78 is 0. The van der Waals surface area contributed by atoms with Gasteiger partial charge >= 0.3 is 0 Å². The Kier molecular flexibility index (Phi) is 3.70. The van der Waals surface area contributed by atoms with Crippen LogP contribution < -0.4 is 22.2 Å². The van der Waals surface area contributed by atoms with E-state index in [-0.39, 0.29) is 33.8 Å². The van der Waals surface area contributed by atoms with E-state index < -0.39 is 0 Å². The third-order valence-electron chi connectivity index (χ3n) is 3.40. The number of nitrogens with zero attached hydrogens (tertiary/aromatic N) is 1. The van der Waals surface area contributed by atoms with Gasteiger partial charge in [-0.2, -0.15) is 0 Å². The smallest absolute Gasteiger partial charge is 0.259 e. The molecule has 1 aromatic heterocycles. The van der Waals surface area contributed by atoms with Crippen LogP contribution in [-0.4, -0.2) is 30.8 Å². The van der Waals surface area contributed by atoms with Crippen molar-refractivity contribution in [1.82, 2.24) is 9.97 Å². The van der Waals surface area contributed by atoms with Gasteiger partial charge in [0.15, 0.2) is 5.82 Å². The molecule has 4 N–H and O–H groups in total. The number of nitrogens with two attached hydrogens (primary N) is 1. The number of H-pyrrole nitrogens is 1. The van der Waals surface area contributed by atoms with Gasteiger partial charge in [0.2, 0.25) is 0 Å². The van der Waals surface area contributed by atoms with Gasteiger partial charge in [0, 0.05) is 0 Å². The fourth-order valence-corrected chi connectivity index (χ4v) is 2.26. The van der Waals surface area contributed by atoms with Crippen molar-refractivity contribution in [2.24, 2.45) is 5.73 Å². The number of hydrogen-bond donors (Lipinski definition) is 3. The van der Waals surface area contributed by atoms with Crippen LogP contribution in [0.1, 0.15) is 11.4 Å². The van der Waals surface area contributed by atoms with E-state index in [1.165, 1.54) is 12.1 Å². The number of aromatic amines is 1. The first-order valence-corrected chi connectivity index (χ1v) is 6.80. The van der Waals surface area contributed by atoms with Gasteiger partial charge < -0.3 is 15.8 Å². The molecule has 108 valence electrons. The minimum Gasteiger partial charge on any atom is -0.509 e. The lowest BCUT2D eigenvalue weighted by atomic mass is 9.84. The molecule has 0 aliphatic heterocycles. The first kappa shape index (κ1) is 15.0. The number of aromatic hydroxyl groups is 1. The Morgan fingerprint density at radius 3 is 2.57 bits per heavy atom. The average Bonchev–Trinajstić information content (AvgIpc) is 2.52. The Balaban J connectivity index is 2.10. The van der Waals surface area contributed by atoms with Crippen molar-refractivity contribution in [3.63, 3.8) is 0 Å². The van der Waals surface area contributed by atoms with E-state index in [9.17, 15) is 9.90 Å². The molecule has 0 amide bonds. The first-order chi connectivity index (χ1) is 11.0. The molecule has 1 heterocycles. The zero-order valence-corrected chi connectivity index (χ0v) is 12.1. The van der Waals surface area contributed by atoms with E-state index in [4.69, 9.17) is 21.4 Å². The van der Waals surface area contributed by atoms with Crippen molar-refractivity contribution in [2.45, 2.75) is 0 Å². The molecule has 0 fully saturated rings. The predicted molar refractivity (Wildman–Crippen MR) is 93.3 cm³/mol. The van der Waals surface area contributed by atoms with E-state index in [2.05, 4.69) is 9.97 Å². The lowest BCUT2D eigenvalue weighted by Crippen LogP contribution is -2.16. The normalized spacial score (nSPS) is 11.7. The van der Waals surface area contributed by atoms with E-state index in [1.54, 1.807) is 30.3 Å². The summed E-state index contributed by atoms with van der Waals surface area (Å²) in [6, 6.07) is 10.0. The second-order valence-electron chi connectivity index (χ2n) is 5.08. The fourth-order valence-electron chi connectivity index (χ4n) is 2.26. The Morgan fingerprint density at radius 1 is 1.22 bits per heavy atom. The molecular weight excluding hydrogens is 288 g/mol. The third kappa shape index (κ3) is 2.85. The maximum absolute atomic E-state index is 12.1. The van der Waals surface area contributed by atoms with Crippen LogP contribution in [0.3, 0.4) is 0 Å². The van der Waals surface area contributed by atoms with E-state index in [0.717, 1.165) is 0 Å². The minimum atomic E-state index is -0.272. The van der Waals surface area contributed by atoms with Crippen LogP contribution in [0, 0.1) is 0 Å². The van der Waals surface area contributed by atoms with Gasteiger partial charge in [-0.05, 0) is 23.8 Å². The topological polar surface area (TPSA) is 92.0 Å². The molecule has 0 saturated carbocycles. The highest BCUT2D eigenvalue weighted by molar-refractivity contribution is 6.41. The number of aromatic nitrogens is 2. The summed E-state index contributed by atoms with van der Waals surface area (Å²) in [5.41, 5.74) is 7.41. The van der Waals surface area contributed by atoms with Crippen molar-refractivity contribution in [2.75, 3.05) is 0 Å². The van der Waals surface area contributed by atoms with Crippen LogP contribution in [0.15, 0.2) is 41.2 Å². The van der Waals surface area contributed by atoms with Gasteiger partial charge in [0.25, 0.3) is 5.56 Å². The van der Waals surface area contributed by atoms with Crippen LogP contribution >= 0.6 is 0 Å². The van der Waals surface area contributed by atoms with Crippen molar-refractivity contribution < 1.29 is 5.11 Å². The zero-order valence-electron chi connectivity index (χ0n) is 12.1. The summed E-state index contributed by atoms with van der Waals surface area (Å²) in [5.74, 6) is 0.0804. The molecule has 0 atom stereocenters. The summed E-state index contributed by atoms with van der Waals surface area (Å²) in [6.45, 7) is 0. The quantitative estimate of drug-likeness (QED) is 0.565. The highest BCUT2D eigenvalue weighted by Crippen LogP contribution is 2.12. The zero-order chi connectivity index (χ0) is 16.6. The molecule has 0 aliphatic rings. The summed E-state index contributed by atoms with van der Waals surface area (Å²) in [5, 5.41) is 10.1. The maximum atomic E-state index is 12.1. The molecule has 0 saturated heterocycles. The standard InChI is InChI=1S/C16H11B2N3O2/c17-10-5-8(6-11(18)14(10)22)7-12(19)15-20-13-4-2-1-3-9(13)16(23)21-15/h1-7,22H,19H2,(H,20,21,23)/b12-7-. The number of phenols is 1. The number of nitrogens with one attached hydrogen (secondary N) is 1. The van der Waals surface area contributed by atoms with E-state index in [1.807, 2.05) is 0 Å². The molecule has 0 bridgehead atoms. The molecule has 0 aliphatic carbocycles. The van der Waals surface area contributed by atoms with Gasteiger partial charge in [-0.25, -0.2) is 4.98 Å². The molecule has 7 heteroatoms. The Morgan fingerprint density at radius 2 is 1.87 bits per heavy atom. The fraction of sp³-hybridized carbons (Fsp3) is 0. The number of rotatable bonds is 2. The summed E-state index contributed by atoms with van der Waals surface area (Å²) in [4.78, 5) is 19.0. The third-order valence-corrected chi connectivity index (χ3v) is 3.40. The molecule has 23 heavy (non-hydrogen) atoms. The summed E-state index contributed by atoms with van der Waals surface area (Å²) in [6.07, 6.45) is 1.57. The highest BCUT2D eigenvalue weighted by Gasteiger charge is 2.07. The molecule has 3 aromatic rings. The van der Waals surface area contributed by atoms with Gasteiger partial charge in [-0.15, -0.1) is 0 Å². The molecule has 4 radical (unpaired) electrons. The molecule has 0 unspecified atom stereocenters. The second-order valence-corrected chi connectivity index (χ2v) is 5.08. The van der Waals surface area contributed by atoms with Crippen LogP contribution in [0.5, 0.6) is 5.75 Å². The van der Waals surface area contributed by atoms with Gasteiger partial charge in [-0.1, -0.05) is 35.2 Å². The average molecular weight is 299 g/mol. The van der Waals surface area contributed by atoms with E-state index >= 15 is 0 Å². The summed E-state index contributed by atoms with van der Waals surface area (Å²) in [7, 11) is 11.3. The van der Waals surface area contributed by atoms with Crippen molar-refractivity contribution >= 4 is 49.3 Å². The number of hydrogen-bond acceptors (Lipinski definition) is 4. The molecule has 0 spiro atoms. The van der Waals surface area contributed by atoms with E-state index in [0.29, 0.717) is 16.5 Å². The largest absolute Gasteiger partial charge is 0.509 e. The van der Waals surface area contributed by atoms with Crippen molar-refractivity contribution in [3.8, 4) is 5.75 Å². The Hall–Kier alpha value is -2.95. The lowest BCUT2D eigenvalue weighted by molar-refractivity contribution is 0.484. The van der Waals surface area contributed by atoms with Crippen LogP contribution in [0.2, 0.25) is 0 Å². The highest BCUT2D eigenvalue weighted by atomic mass is 16.3. The number of fused-ring (bicyclic) bond motifs is 1. The molecule has 5 nitrogen and oxygen atoms in total. The Bertz CT molecular complexity index is 973. The lowest BCUT2D eigenvalue weighted by Gasteiger charge is -2.07. The first-order valence-electron chi connectivity index (χ1n) is 6.80. The molecule has 2 aromatic carbocycles. The monoisotopic (exact) mass is 299 g/mol. The van der Waals surface area contributed by atoms with Crippen molar-refractivity contribution in [3.05, 3.63) is 58.1 Å². The van der Waals surface area contributed by atoms with Crippen LogP contribution in [-0.2, 0) is 0 Å². The van der Waals surface area contributed by atoms with Gasteiger partial charge in [0.1, 0.15) is 21.4 Å². The number of para-hydroxylation sites is 1. The van der Waals surface area contributed by atoms with Gasteiger partial charge in [0.05, 0.1) is 16.6 Å². The van der Waals surface area contributed by atoms with Crippen LogP contribution in [0.4, 0.5) is 0 Å². The van der Waals surface area contributed by atoms with Gasteiger partial charge in [-0.3, -0.25) is 4.79 Å². The summed E-state index contributed by atoms with van der Waals surface area (Å²) >= 11 is 0. The molecular formula is C16H11B2N3O2. The Labute approximate surface area is 134 Å². The number of phenolic OH excluding ortho intramolecular Hbond substituents is 1. The minimum absolute atomic E-state index is 0.143.